The molecular weight excluding hydrogens is 228 g/mol. The summed E-state index contributed by atoms with van der Waals surface area (Å²) >= 11 is 1.74. The second-order valence-electron chi connectivity index (χ2n) is 3.62. The van der Waals surface area contributed by atoms with Crippen LogP contribution in [-0.4, -0.2) is 9.97 Å². The van der Waals surface area contributed by atoms with Crippen LogP contribution in [0, 0.1) is 0 Å². The van der Waals surface area contributed by atoms with Crippen LogP contribution in [-0.2, 0) is 0 Å². The molecule has 3 heteroatoms. The number of pyridine rings is 2. The van der Waals surface area contributed by atoms with Gasteiger partial charge in [-0.15, -0.1) is 11.3 Å². The first-order chi connectivity index (χ1) is 8.43. The number of rotatable bonds is 2. The van der Waals surface area contributed by atoms with Gasteiger partial charge in [0.15, 0.2) is 0 Å². The van der Waals surface area contributed by atoms with E-state index < -0.39 is 0 Å². The number of aromatic nitrogens is 2. The molecule has 0 saturated carbocycles. The predicted octanol–water partition coefficient (Wildman–Crippen LogP) is 3.87. The Balaban J connectivity index is 1.99. The van der Waals surface area contributed by atoms with E-state index in [2.05, 4.69) is 28.2 Å². The highest BCUT2D eigenvalue weighted by Gasteiger charge is 2.04. The molecule has 3 aromatic heterocycles. The van der Waals surface area contributed by atoms with Crippen LogP contribution >= 0.6 is 11.3 Å². The standard InChI is InChI=1S/C14H10N2S/c1-2-9-16-12(5-1)14-7-6-13(17-14)11-4-3-8-15-10-11/h1-10H. The molecule has 17 heavy (non-hydrogen) atoms. The lowest BCUT2D eigenvalue weighted by Crippen LogP contribution is -1.75. The fraction of sp³-hybridized carbons (Fsp3) is 0. The predicted molar refractivity (Wildman–Crippen MR) is 70.8 cm³/mol. The zero-order valence-corrected chi connectivity index (χ0v) is 9.89. The maximum atomic E-state index is 4.35. The van der Waals surface area contributed by atoms with Crippen molar-refractivity contribution < 1.29 is 0 Å². The number of hydrogen-bond acceptors (Lipinski definition) is 3. The van der Waals surface area contributed by atoms with E-state index in [1.54, 1.807) is 17.5 Å². The molecule has 0 aliphatic heterocycles. The van der Waals surface area contributed by atoms with Crippen LogP contribution in [0.3, 0.4) is 0 Å². The first kappa shape index (κ1) is 10.2. The summed E-state index contributed by atoms with van der Waals surface area (Å²) in [6.07, 6.45) is 5.49. The molecule has 0 radical (unpaired) electrons. The van der Waals surface area contributed by atoms with Crippen LogP contribution < -0.4 is 0 Å². The highest BCUT2D eigenvalue weighted by molar-refractivity contribution is 7.18. The Kier molecular flexibility index (Phi) is 2.68. The Hall–Kier alpha value is -2.00. The van der Waals surface area contributed by atoms with E-state index in [1.165, 1.54) is 9.75 Å². The van der Waals surface area contributed by atoms with Gasteiger partial charge in [0.2, 0.25) is 0 Å². The first-order valence-electron chi connectivity index (χ1n) is 5.35. The maximum Gasteiger partial charge on any atom is 0.0801 e. The monoisotopic (exact) mass is 238 g/mol. The third-order valence-corrected chi connectivity index (χ3v) is 3.63. The minimum atomic E-state index is 1.02. The fourth-order valence-electron chi connectivity index (χ4n) is 1.65. The summed E-state index contributed by atoms with van der Waals surface area (Å²) in [6, 6.07) is 14.2. The largest absolute Gasteiger partial charge is 0.264 e. The van der Waals surface area contributed by atoms with Crippen LogP contribution in [0.1, 0.15) is 0 Å². The van der Waals surface area contributed by atoms with Gasteiger partial charge in [-0.3, -0.25) is 9.97 Å². The Labute approximate surface area is 104 Å². The van der Waals surface area contributed by atoms with E-state index in [9.17, 15) is 0 Å². The normalized spacial score (nSPS) is 10.4. The van der Waals surface area contributed by atoms with Gasteiger partial charge in [-0.1, -0.05) is 12.1 Å². The molecule has 0 amide bonds. The van der Waals surface area contributed by atoms with E-state index in [0.29, 0.717) is 0 Å². The molecule has 0 aliphatic carbocycles. The minimum absolute atomic E-state index is 1.02. The number of hydrogen-bond donors (Lipinski definition) is 0. The molecule has 0 unspecified atom stereocenters. The molecule has 0 bridgehead atoms. The van der Waals surface area contributed by atoms with Gasteiger partial charge in [-0.2, -0.15) is 0 Å². The number of thiophene rings is 1. The zero-order valence-electron chi connectivity index (χ0n) is 9.08. The molecule has 0 fully saturated rings. The highest BCUT2D eigenvalue weighted by Crippen LogP contribution is 2.32. The third-order valence-electron chi connectivity index (χ3n) is 2.47. The van der Waals surface area contributed by atoms with Crippen molar-refractivity contribution in [1.82, 2.24) is 9.97 Å². The Morgan fingerprint density at radius 3 is 2.53 bits per heavy atom. The smallest absolute Gasteiger partial charge is 0.0801 e. The van der Waals surface area contributed by atoms with E-state index in [-0.39, 0.29) is 0 Å². The van der Waals surface area contributed by atoms with Gasteiger partial charge in [0, 0.05) is 29.0 Å². The van der Waals surface area contributed by atoms with Crippen LogP contribution in [0.2, 0.25) is 0 Å². The topological polar surface area (TPSA) is 25.8 Å². The van der Waals surface area contributed by atoms with E-state index >= 15 is 0 Å². The van der Waals surface area contributed by atoms with Gasteiger partial charge in [0.25, 0.3) is 0 Å². The Morgan fingerprint density at radius 1 is 0.824 bits per heavy atom. The van der Waals surface area contributed by atoms with Crippen molar-refractivity contribution in [2.75, 3.05) is 0 Å². The summed E-state index contributed by atoms with van der Waals surface area (Å²) in [5.74, 6) is 0. The number of nitrogens with zero attached hydrogens (tertiary/aromatic N) is 2. The second kappa shape index (κ2) is 4.47. The summed E-state index contributed by atoms with van der Waals surface area (Å²) in [4.78, 5) is 10.9. The molecular formula is C14H10N2S. The SMILES string of the molecule is c1ccc(-c2ccc(-c3cccnc3)s2)nc1. The molecule has 2 nitrogen and oxygen atoms in total. The van der Waals surface area contributed by atoms with Gasteiger partial charge in [0.1, 0.15) is 0 Å². The van der Waals surface area contributed by atoms with Gasteiger partial charge < -0.3 is 0 Å². The molecule has 3 aromatic rings. The lowest BCUT2D eigenvalue weighted by atomic mass is 10.2. The van der Waals surface area contributed by atoms with Crippen molar-refractivity contribution in [3.63, 3.8) is 0 Å². The third kappa shape index (κ3) is 2.10. The van der Waals surface area contributed by atoms with Gasteiger partial charge in [-0.25, -0.2) is 0 Å². The lowest BCUT2D eigenvalue weighted by molar-refractivity contribution is 1.33. The second-order valence-corrected chi connectivity index (χ2v) is 4.70. The molecule has 0 aromatic carbocycles. The minimum Gasteiger partial charge on any atom is -0.264 e. The van der Waals surface area contributed by atoms with Crippen LogP contribution in [0.25, 0.3) is 21.0 Å². The average Bonchev–Trinajstić information content (AvgIpc) is 2.90. The van der Waals surface area contributed by atoms with Crippen LogP contribution in [0.15, 0.2) is 61.1 Å². The van der Waals surface area contributed by atoms with Crippen molar-refractivity contribution in [1.29, 1.82) is 0 Å². The summed E-state index contributed by atoms with van der Waals surface area (Å²) in [5, 5.41) is 0. The van der Waals surface area contributed by atoms with Crippen molar-refractivity contribution in [2.45, 2.75) is 0 Å². The fourth-order valence-corrected chi connectivity index (χ4v) is 2.62. The highest BCUT2D eigenvalue weighted by atomic mass is 32.1. The van der Waals surface area contributed by atoms with Crippen LogP contribution in [0.5, 0.6) is 0 Å². The van der Waals surface area contributed by atoms with Crippen molar-refractivity contribution in [2.24, 2.45) is 0 Å². The van der Waals surface area contributed by atoms with E-state index in [4.69, 9.17) is 0 Å². The Morgan fingerprint density at radius 2 is 1.76 bits per heavy atom. The zero-order chi connectivity index (χ0) is 11.5. The van der Waals surface area contributed by atoms with E-state index in [1.807, 2.05) is 36.7 Å². The molecule has 82 valence electrons. The molecule has 3 heterocycles. The van der Waals surface area contributed by atoms with Crippen molar-refractivity contribution in [3.8, 4) is 21.0 Å². The summed E-state index contributed by atoms with van der Waals surface area (Å²) in [5.41, 5.74) is 2.17. The lowest BCUT2D eigenvalue weighted by Gasteiger charge is -1.95. The molecule has 3 rings (SSSR count). The quantitative estimate of drug-likeness (QED) is 0.677. The molecule has 0 spiro atoms. The van der Waals surface area contributed by atoms with E-state index in [0.717, 1.165) is 11.3 Å². The summed E-state index contributed by atoms with van der Waals surface area (Å²) in [7, 11) is 0. The van der Waals surface area contributed by atoms with Gasteiger partial charge >= 0.3 is 0 Å². The molecule has 0 N–H and O–H groups in total. The molecule has 0 atom stereocenters. The average molecular weight is 238 g/mol. The summed E-state index contributed by atoms with van der Waals surface area (Å²) in [6.45, 7) is 0. The summed E-state index contributed by atoms with van der Waals surface area (Å²) < 4.78 is 0. The van der Waals surface area contributed by atoms with Crippen LogP contribution in [0.4, 0.5) is 0 Å². The van der Waals surface area contributed by atoms with Crippen molar-refractivity contribution in [3.05, 3.63) is 61.1 Å². The van der Waals surface area contributed by atoms with Crippen molar-refractivity contribution >= 4 is 11.3 Å². The molecule has 0 saturated heterocycles. The molecule has 0 aliphatic rings. The van der Waals surface area contributed by atoms with Gasteiger partial charge in [0.05, 0.1) is 10.6 Å². The maximum absolute atomic E-state index is 4.35. The first-order valence-corrected chi connectivity index (χ1v) is 6.17. The van der Waals surface area contributed by atoms with Gasteiger partial charge in [-0.05, 0) is 30.3 Å². The Bertz CT molecular complexity index is 548.